The number of unbranched alkanes of at least 4 members (excludes halogenated alkanes) is 9. The Bertz CT molecular complexity index is 1030. The van der Waals surface area contributed by atoms with Gasteiger partial charge in [-0.2, -0.15) is 16.8 Å². The first-order chi connectivity index (χ1) is 15.6. The number of hydrogen-bond acceptors (Lipinski definition) is 5. The number of hydrogen-bond donors (Lipinski definition) is 2. The second-order valence-electron chi connectivity index (χ2n) is 8.20. The smallest absolute Gasteiger partial charge is 0.294 e. The lowest BCUT2D eigenvalue weighted by Crippen LogP contribution is -2.11. The van der Waals surface area contributed by atoms with E-state index >= 15 is 0 Å². The summed E-state index contributed by atoms with van der Waals surface area (Å²) in [5, 5.41) is 0. The van der Waals surface area contributed by atoms with E-state index in [1.807, 2.05) is 0 Å². The average molecular weight is 499 g/mol. The molecule has 33 heavy (non-hydrogen) atoms. The highest BCUT2D eigenvalue weighted by molar-refractivity contribution is 7.86. The second-order valence-corrected chi connectivity index (χ2v) is 11.0. The Kier molecular flexibility index (Phi) is 10.8. The minimum absolute atomic E-state index is 0.0896. The molecule has 0 aliphatic carbocycles. The molecule has 7 nitrogen and oxygen atoms in total. The Labute approximate surface area is 197 Å². The van der Waals surface area contributed by atoms with Crippen LogP contribution in [0.15, 0.2) is 52.3 Å². The molecule has 184 valence electrons. The van der Waals surface area contributed by atoms with Crippen LogP contribution in [0.1, 0.15) is 76.7 Å². The molecule has 2 aromatic carbocycles. The Morgan fingerprint density at radius 1 is 0.667 bits per heavy atom. The molecular formula is C24H34O7S2. The molecule has 0 aromatic heterocycles. The maximum Gasteiger partial charge on any atom is 0.294 e. The van der Waals surface area contributed by atoms with Crippen molar-refractivity contribution >= 4 is 20.2 Å². The van der Waals surface area contributed by atoms with E-state index in [1.165, 1.54) is 32.1 Å². The first-order valence-electron chi connectivity index (χ1n) is 11.5. The van der Waals surface area contributed by atoms with Crippen LogP contribution in [-0.4, -0.2) is 25.9 Å². The van der Waals surface area contributed by atoms with Gasteiger partial charge in [-0.25, -0.2) is 0 Å². The molecule has 0 atom stereocenters. The van der Waals surface area contributed by atoms with Crippen molar-refractivity contribution in [3.63, 3.8) is 0 Å². The van der Waals surface area contributed by atoms with Gasteiger partial charge < -0.3 is 4.74 Å². The van der Waals surface area contributed by atoms with Gasteiger partial charge in [-0.15, -0.1) is 0 Å². The van der Waals surface area contributed by atoms with E-state index < -0.39 is 30.0 Å². The third-order valence-corrected chi connectivity index (χ3v) is 7.30. The molecule has 0 amide bonds. The molecule has 2 N–H and O–H groups in total. The molecular weight excluding hydrogens is 464 g/mol. The SMILES string of the molecule is CCCCCCCCCCCCc1c(S(=O)(=O)O)cc(Oc2ccccc2)cc1S(=O)(=O)O. The predicted octanol–water partition coefficient (Wildman–Crippen LogP) is 6.44. The fraction of sp³-hybridized carbons (Fsp3) is 0.500. The van der Waals surface area contributed by atoms with Crippen LogP contribution in [0.5, 0.6) is 11.5 Å². The third kappa shape index (κ3) is 9.44. The summed E-state index contributed by atoms with van der Waals surface area (Å²) in [4.78, 5) is -1.14. The van der Waals surface area contributed by atoms with Crippen LogP contribution in [-0.2, 0) is 26.7 Å². The zero-order chi connectivity index (χ0) is 24.3. The van der Waals surface area contributed by atoms with Gasteiger partial charge in [0.2, 0.25) is 0 Å². The summed E-state index contributed by atoms with van der Waals surface area (Å²) in [7, 11) is -9.50. The van der Waals surface area contributed by atoms with Crippen LogP contribution in [0.25, 0.3) is 0 Å². The highest BCUT2D eigenvalue weighted by Crippen LogP contribution is 2.33. The third-order valence-electron chi connectivity index (χ3n) is 5.46. The summed E-state index contributed by atoms with van der Waals surface area (Å²) < 4.78 is 73.2. The monoisotopic (exact) mass is 498 g/mol. The van der Waals surface area contributed by atoms with E-state index in [9.17, 15) is 25.9 Å². The zero-order valence-electron chi connectivity index (χ0n) is 19.1. The highest BCUT2D eigenvalue weighted by atomic mass is 32.2. The quantitative estimate of drug-likeness (QED) is 0.214. The van der Waals surface area contributed by atoms with E-state index in [2.05, 4.69) is 6.92 Å². The van der Waals surface area contributed by atoms with Crippen molar-refractivity contribution in [2.45, 2.75) is 87.3 Å². The largest absolute Gasteiger partial charge is 0.457 e. The van der Waals surface area contributed by atoms with Crippen molar-refractivity contribution in [2.24, 2.45) is 0 Å². The van der Waals surface area contributed by atoms with Crippen molar-refractivity contribution < 1.29 is 30.7 Å². The van der Waals surface area contributed by atoms with Gasteiger partial charge in [0.15, 0.2) is 0 Å². The number of ether oxygens (including phenoxy) is 1. The van der Waals surface area contributed by atoms with E-state index in [-0.39, 0.29) is 17.7 Å². The number of benzene rings is 2. The minimum Gasteiger partial charge on any atom is -0.457 e. The molecule has 0 heterocycles. The fourth-order valence-corrected chi connectivity index (χ4v) is 5.42. The topological polar surface area (TPSA) is 118 Å². The summed E-state index contributed by atoms with van der Waals surface area (Å²) in [6, 6.07) is 10.5. The average Bonchev–Trinajstić information content (AvgIpc) is 2.74. The van der Waals surface area contributed by atoms with Crippen molar-refractivity contribution in [3.05, 3.63) is 48.0 Å². The van der Waals surface area contributed by atoms with Gasteiger partial charge in [0.25, 0.3) is 20.2 Å². The Hall–Kier alpha value is -1.94. The van der Waals surface area contributed by atoms with Gasteiger partial charge in [0, 0.05) is 12.1 Å². The summed E-state index contributed by atoms with van der Waals surface area (Å²) in [6.45, 7) is 2.19. The van der Waals surface area contributed by atoms with E-state index in [0.717, 1.165) is 37.8 Å². The van der Waals surface area contributed by atoms with Gasteiger partial charge in [-0.1, -0.05) is 82.9 Å². The van der Waals surface area contributed by atoms with Crippen molar-refractivity contribution in [3.8, 4) is 11.5 Å². The summed E-state index contributed by atoms with van der Waals surface area (Å²) in [6.07, 6.45) is 10.7. The van der Waals surface area contributed by atoms with Crippen LogP contribution in [0.2, 0.25) is 0 Å². The molecule has 2 rings (SSSR count). The van der Waals surface area contributed by atoms with Crippen LogP contribution >= 0.6 is 0 Å². The molecule has 0 unspecified atom stereocenters. The predicted molar refractivity (Wildman–Crippen MR) is 128 cm³/mol. The van der Waals surface area contributed by atoms with Crippen LogP contribution in [0.3, 0.4) is 0 Å². The highest BCUT2D eigenvalue weighted by Gasteiger charge is 2.26. The first kappa shape index (κ1) is 27.3. The molecule has 0 saturated heterocycles. The molecule has 0 aliphatic heterocycles. The van der Waals surface area contributed by atoms with Crippen LogP contribution < -0.4 is 4.74 Å². The maximum absolute atomic E-state index is 12.0. The molecule has 0 fully saturated rings. The number of rotatable bonds is 15. The normalized spacial score (nSPS) is 12.1. The minimum atomic E-state index is -4.75. The van der Waals surface area contributed by atoms with E-state index in [0.29, 0.717) is 12.2 Å². The van der Waals surface area contributed by atoms with Crippen molar-refractivity contribution in [1.29, 1.82) is 0 Å². The summed E-state index contributed by atoms with van der Waals surface area (Å²) in [5.74, 6) is 0.232. The van der Waals surface area contributed by atoms with Gasteiger partial charge in [0.1, 0.15) is 21.3 Å². The number of para-hydroxylation sites is 1. The van der Waals surface area contributed by atoms with Crippen LogP contribution in [0, 0.1) is 0 Å². The standard InChI is InChI=1S/C24H34O7S2/c1-2-3-4-5-6-7-8-9-10-14-17-22-23(32(25,26)27)18-21(19-24(22)33(28,29)30)31-20-15-12-11-13-16-20/h11-13,15-16,18-19H,2-10,14,17H2,1H3,(H,25,26,27)(H,28,29,30). The van der Waals surface area contributed by atoms with E-state index in [4.69, 9.17) is 4.74 Å². The van der Waals surface area contributed by atoms with Crippen molar-refractivity contribution in [2.75, 3.05) is 0 Å². The Balaban J connectivity index is 2.12. The van der Waals surface area contributed by atoms with E-state index in [1.54, 1.807) is 30.3 Å². The Morgan fingerprint density at radius 2 is 1.12 bits per heavy atom. The maximum atomic E-state index is 12.0. The molecule has 2 aromatic rings. The molecule has 0 aliphatic rings. The summed E-state index contributed by atoms with van der Waals surface area (Å²) >= 11 is 0. The summed E-state index contributed by atoms with van der Waals surface area (Å²) in [5.41, 5.74) is -0.125. The van der Waals surface area contributed by atoms with Crippen molar-refractivity contribution in [1.82, 2.24) is 0 Å². The second kappa shape index (κ2) is 13.1. The van der Waals surface area contributed by atoms with Crippen LogP contribution in [0.4, 0.5) is 0 Å². The lowest BCUT2D eigenvalue weighted by atomic mass is 10.0. The zero-order valence-corrected chi connectivity index (χ0v) is 20.7. The fourth-order valence-electron chi connectivity index (χ4n) is 3.78. The van der Waals surface area contributed by atoms with Gasteiger partial charge in [-0.05, 0) is 30.5 Å². The van der Waals surface area contributed by atoms with Gasteiger partial charge >= 0.3 is 0 Å². The molecule has 0 saturated carbocycles. The molecule has 0 radical (unpaired) electrons. The molecule has 0 spiro atoms. The first-order valence-corrected chi connectivity index (χ1v) is 14.4. The lowest BCUT2D eigenvalue weighted by Gasteiger charge is -2.15. The van der Waals surface area contributed by atoms with Gasteiger partial charge in [-0.3, -0.25) is 9.11 Å². The molecule has 9 heteroatoms. The van der Waals surface area contributed by atoms with Gasteiger partial charge in [0.05, 0.1) is 0 Å². The lowest BCUT2D eigenvalue weighted by molar-refractivity contribution is 0.461. The molecule has 0 bridgehead atoms. The Morgan fingerprint density at radius 3 is 1.58 bits per heavy atom.